The summed E-state index contributed by atoms with van der Waals surface area (Å²) in [4.78, 5) is 13.9. The van der Waals surface area contributed by atoms with Crippen LogP contribution < -0.4 is 16.0 Å². The number of morpholine rings is 1. The van der Waals surface area contributed by atoms with E-state index in [4.69, 9.17) is 10.5 Å². The van der Waals surface area contributed by atoms with Crippen LogP contribution in [0.3, 0.4) is 0 Å². The van der Waals surface area contributed by atoms with Crippen molar-refractivity contribution in [2.45, 2.75) is 19.4 Å². The highest BCUT2D eigenvalue weighted by molar-refractivity contribution is 5.94. The van der Waals surface area contributed by atoms with Crippen LogP contribution in [-0.4, -0.2) is 38.3 Å². The van der Waals surface area contributed by atoms with Gasteiger partial charge in [0.1, 0.15) is 0 Å². The maximum atomic E-state index is 11.7. The van der Waals surface area contributed by atoms with Crippen LogP contribution in [-0.2, 0) is 9.53 Å². The number of carbonyl (C=O) groups excluding carboxylic acids is 1. The summed E-state index contributed by atoms with van der Waals surface area (Å²) in [7, 11) is 0. The largest absolute Gasteiger partial charge is 0.378 e. The van der Waals surface area contributed by atoms with E-state index in [-0.39, 0.29) is 5.91 Å². The molecule has 0 bridgehead atoms. The fourth-order valence-electron chi connectivity index (χ4n) is 2.00. The second-order valence-electron chi connectivity index (χ2n) is 4.65. The summed E-state index contributed by atoms with van der Waals surface area (Å²) < 4.78 is 5.32. The van der Waals surface area contributed by atoms with Crippen LogP contribution in [0.25, 0.3) is 0 Å². The molecule has 0 radical (unpaired) electrons. The molecule has 1 amide bonds. The van der Waals surface area contributed by atoms with E-state index in [0.29, 0.717) is 6.42 Å². The standard InChI is InChI=1S/C14H21N3O2/c1-2-13(15)14(18)16-11-3-5-12(6-4-11)17-7-9-19-10-8-17/h3-6,13H,2,7-10,15H2,1H3,(H,16,18). The highest BCUT2D eigenvalue weighted by Crippen LogP contribution is 2.19. The summed E-state index contributed by atoms with van der Waals surface area (Å²) >= 11 is 0. The van der Waals surface area contributed by atoms with Crippen molar-refractivity contribution in [2.24, 2.45) is 5.73 Å². The molecule has 0 saturated carbocycles. The highest BCUT2D eigenvalue weighted by atomic mass is 16.5. The number of benzene rings is 1. The lowest BCUT2D eigenvalue weighted by molar-refractivity contribution is -0.117. The van der Waals surface area contributed by atoms with Gasteiger partial charge in [-0.3, -0.25) is 4.79 Å². The SMILES string of the molecule is CCC(N)C(=O)Nc1ccc(N2CCOCC2)cc1. The van der Waals surface area contributed by atoms with Crippen LogP contribution in [0.4, 0.5) is 11.4 Å². The van der Waals surface area contributed by atoms with Crippen molar-refractivity contribution in [3.8, 4) is 0 Å². The van der Waals surface area contributed by atoms with Crippen molar-refractivity contribution in [1.82, 2.24) is 0 Å². The molecular formula is C14H21N3O2. The van der Waals surface area contributed by atoms with E-state index >= 15 is 0 Å². The summed E-state index contributed by atoms with van der Waals surface area (Å²) in [6.45, 7) is 5.25. The molecule has 0 spiro atoms. The number of nitrogens with two attached hydrogens (primary N) is 1. The molecule has 1 aromatic carbocycles. The molecule has 104 valence electrons. The quantitative estimate of drug-likeness (QED) is 0.856. The first-order valence-corrected chi connectivity index (χ1v) is 6.70. The van der Waals surface area contributed by atoms with E-state index in [0.717, 1.165) is 37.7 Å². The van der Waals surface area contributed by atoms with Crippen molar-refractivity contribution in [3.63, 3.8) is 0 Å². The predicted octanol–water partition coefficient (Wildman–Crippen LogP) is 1.20. The van der Waals surface area contributed by atoms with Crippen LogP contribution in [0.1, 0.15) is 13.3 Å². The summed E-state index contributed by atoms with van der Waals surface area (Å²) in [5.74, 6) is -0.137. The van der Waals surface area contributed by atoms with E-state index in [2.05, 4.69) is 10.2 Å². The van der Waals surface area contributed by atoms with E-state index < -0.39 is 6.04 Å². The fraction of sp³-hybridized carbons (Fsp3) is 0.500. The van der Waals surface area contributed by atoms with Crippen molar-refractivity contribution in [1.29, 1.82) is 0 Å². The molecule has 1 fully saturated rings. The third-order valence-corrected chi connectivity index (χ3v) is 3.29. The number of nitrogens with zero attached hydrogens (tertiary/aromatic N) is 1. The normalized spacial score (nSPS) is 17.1. The molecule has 0 aromatic heterocycles. The lowest BCUT2D eigenvalue weighted by Gasteiger charge is -2.28. The van der Waals surface area contributed by atoms with E-state index in [1.807, 2.05) is 31.2 Å². The van der Waals surface area contributed by atoms with Gasteiger partial charge in [0.2, 0.25) is 5.91 Å². The van der Waals surface area contributed by atoms with Crippen LogP contribution >= 0.6 is 0 Å². The predicted molar refractivity (Wildman–Crippen MR) is 76.4 cm³/mol. The second kappa shape index (κ2) is 6.54. The molecule has 1 saturated heterocycles. The summed E-state index contributed by atoms with van der Waals surface area (Å²) in [5.41, 5.74) is 7.61. The van der Waals surface area contributed by atoms with Gasteiger partial charge in [-0.25, -0.2) is 0 Å². The van der Waals surface area contributed by atoms with Gasteiger partial charge in [-0.15, -0.1) is 0 Å². The van der Waals surface area contributed by atoms with Gasteiger partial charge in [0.15, 0.2) is 0 Å². The van der Waals surface area contributed by atoms with Gasteiger partial charge >= 0.3 is 0 Å². The average molecular weight is 263 g/mol. The number of hydrogen-bond donors (Lipinski definition) is 2. The summed E-state index contributed by atoms with van der Waals surface area (Å²) in [6, 6.07) is 7.39. The number of amides is 1. The van der Waals surface area contributed by atoms with Crippen LogP contribution in [0, 0.1) is 0 Å². The van der Waals surface area contributed by atoms with Gasteiger partial charge in [-0.05, 0) is 30.7 Å². The fourth-order valence-corrected chi connectivity index (χ4v) is 2.00. The molecular weight excluding hydrogens is 242 g/mol. The maximum Gasteiger partial charge on any atom is 0.241 e. The Morgan fingerprint density at radius 1 is 1.37 bits per heavy atom. The molecule has 1 atom stereocenters. The molecule has 1 aromatic rings. The van der Waals surface area contributed by atoms with E-state index in [9.17, 15) is 4.79 Å². The summed E-state index contributed by atoms with van der Waals surface area (Å²) in [6.07, 6.45) is 0.637. The number of ether oxygens (including phenoxy) is 1. The van der Waals surface area contributed by atoms with Gasteiger partial charge in [0, 0.05) is 24.5 Å². The molecule has 5 heteroatoms. The Balaban J connectivity index is 1.96. The minimum Gasteiger partial charge on any atom is -0.378 e. The van der Waals surface area contributed by atoms with Gasteiger partial charge in [-0.1, -0.05) is 6.92 Å². The van der Waals surface area contributed by atoms with Crippen molar-refractivity contribution in [2.75, 3.05) is 36.5 Å². The molecule has 1 aliphatic rings. The van der Waals surface area contributed by atoms with Gasteiger partial charge in [0.25, 0.3) is 0 Å². The number of hydrogen-bond acceptors (Lipinski definition) is 4. The molecule has 1 unspecified atom stereocenters. The van der Waals surface area contributed by atoms with E-state index in [1.165, 1.54) is 0 Å². The average Bonchev–Trinajstić information content (AvgIpc) is 2.48. The Kier molecular flexibility index (Phi) is 4.76. The number of anilines is 2. The Morgan fingerprint density at radius 3 is 2.58 bits per heavy atom. The van der Waals surface area contributed by atoms with Gasteiger partial charge in [0.05, 0.1) is 19.3 Å². The van der Waals surface area contributed by atoms with Crippen LogP contribution in [0.2, 0.25) is 0 Å². The van der Waals surface area contributed by atoms with Crippen molar-refractivity contribution < 1.29 is 9.53 Å². The number of rotatable bonds is 4. The smallest absolute Gasteiger partial charge is 0.241 e. The molecule has 2 rings (SSSR count). The molecule has 19 heavy (non-hydrogen) atoms. The van der Waals surface area contributed by atoms with Gasteiger partial charge in [-0.2, -0.15) is 0 Å². The van der Waals surface area contributed by atoms with Crippen molar-refractivity contribution >= 4 is 17.3 Å². The zero-order valence-electron chi connectivity index (χ0n) is 11.3. The number of carbonyl (C=O) groups is 1. The Labute approximate surface area is 113 Å². The highest BCUT2D eigenvalue weighted by Gasteiger charge is 2.13. The Morgan fingerprint density at radius 2 is 2.00 bits per heavy atom. The third-order valence-electron chi connectivity index (χ3n) is 3.29. The topological polar surface area (TPSA) is 67.6 Å². The van der Waals surface area contributed by atoms with Crippen LogP contribution in [0.15, 0.2) is 24.3 Å². The molecule has 1 heterocycles. The lowest BCUT2D eigenvalue weighted by Crippen LogP contribution is -2.36. The first-order chi connectivity index (χ1) is 9.20. The molecule has 1 aliphatic heterocycles. The van der Waals surface area contributed by atoms with Gasteiger partial charge < -0.3 is 20.7 Å². The first kappa shape index (κ1) is 13.8. The molecule has 5 nitrogen and oxygen atoms in total. The van der Waals surface area contributed by atoms with E-state index in [1.54, 1.807) is 0 Å². The van der Waals surface area contributed by atoms with Crippen LogP contribution in [0.5, 0.6) is 0 Å². The maximum absolute atomic E-state index is 11.7. The second-order valence-corrected chi connectivity index (χ2v) is 4.65. The Bertz CT molecular complexity index is 413. The minimum atomic E-state index is -0.445. The molecule has 3 N–H and O–H groups in total. The Hall–Kier alpha value is -1.59. The third kappa shape index (κ3) is 3.68. The zero-order valence-corrected chi connectivity index (χ0v) is 11.3. The molecule has 0 aliphatic carbocycles. The minimum absolute atomic E-state index is 0.137. The summed E-state index contributed by atoms with van der Waals surface area (Å²) in [5, 5.41) is 2.82. The number of nitrogens with one attached hydrogen (secondary N) is 1. The van der Waals surface area contributed by atoms with Crippen molar-refractivity contribution in [3.05, 3.63) is 24.3 Å². The first-order valence-electron chi connectivity index (χ1n) is 6.70. The monoisotopic (exact) mass is 263 g/mol. The lowest BCUT2D eigenvalue weighted by atomic mass is 10.2. The zero-order chi connectivity index (χ0) is 13.7.